The number of carbonyl (C=O) groups is 1. The Kier molecular flexibility index (Phi) is 5.04. The standard InChI is InChI=1S/C19H25N3O/c1-6-14-9-7-8-13(2)17(14)21-16-10-15(11-20-12-16)18(23)22-19(3,4)5/h7-12,21H,6H2,1-5H3,(H,22,23). The fourth-order valence-corrected chi connectivity index (χ4v) is 2.39. The van der Waals surface area contributed by atoms with E-state index in [2.05, 4.69) is 47.7 Å². The average Bonchev–Trinajstić information content (AvgIpc) is 2.48. The third kappa shape index (κ3) is 4.55. The van der Waals surface area contributed by atoms with E-state index in [9.17, 15) is 4.79 Å². The predicted octanol–water partition coefficient (Wildman–Crippen LogP) is 4.22. The fourth-order valence-electron chi connectivity index (χ4n) is 2.39. The maximum Gasteiger partial charge on any atom is 0.253 e. The van der Waals surface area contributed by atoms with Crippen molar-refractivity contribution in [1.29, 1.82) is 0 Å². The van der Waals surface area contributed by atoms with Crippen molar-refractivity contribution in [2.24, 2.45) is 0 Å². The highest BCUT2D eigenvalue weighted by atomic mass is 16.1. The smallest absolute Gasteiger partial charge is 0.253 e. The Bertz CT molecular complexity index is 702. The van der Waals surface area contributed by atoms with Gasteiger partial charge in [-0.05, 0) is 51.3 Å². The molecule has 0 aliphatic heterocycles. The molecule has 0 bridgehead atoms. The van der Waals surface area contributed by atoms with Gasteiger partial charge in [0.1, 0.15) is 0 Å². The number of aromatic nitrogens is 1. The first-order valence-corrected chi connectivity index (χ1v) is 7.93. The van der Waals surface area contributed by atoms with Crippen LogP contribution in [-0.2, 0) is 6.42 Å². The lowest BCUT2D eigenvalue weighted by molar-refractivity contribution is 0.0919. The second-order valence-corrected chi connectivity index (χ2v) is 6.75. The summed E-state index contributed by atoms with van der Waals surface area (Å²) in [7, 11) is 0. The maximum absolute atomic E-state index is 12.3. The third-order valence-electron chi connectivity index (χ3n) is 3.50. The van der Waals surface area contributed by atoms with Gasteiger partial charge in [-0.25, -0.2) is 0 Å². The lowest BCUT2D eigenvalue weighted by Crippen LogP contribution is -2.40. The minimum absolute atomic E-state index is 0.117. The van der Waals surface area contributed by atoms with Crippen molar-refractivity contribution in [2.45, 2.75) is 46.6 Å². The summed E-state index contributed by atoms with van der Waals surface area (Å²) in [5.41, 5.74) is 4.60. The number of benzene rings is 1. The Morgan fingerprint density at radius 2 is 1.96 bits per heavy atom. The van der Waals surface area contributed by atoms with E-state index >= 15 is 0 Å². The Labute approximate surface area is 138 Å². The number of hydrogen-bond donors (Lipinski definition) is 2. The molecular weight excluding hydrogens is 286 g/mol. The van der Waals surface area contributed by atoms with Gasteiger partial charge in [0.2, 0.25) is 0 Å². The molecule has 1 aromatic heterocycles. The second-order valence-electron chi connectivity index (χ2n) is 6.75. The largest absolute Gasteiger partial charge is 0.354 e. The lowest BCUT2D eigenvalue weighted by atomic mass is 10.1. The Balaban J connectivity index is 2.26. The molecule has 0 atom stereocenters. The highest BCUT2D eigenvalue weighted by Crippen LogP contribution is 2.25. The lowest BCUT2D eigenvalue weighted by Gasteiger charge is -2.20. The summed E-state index contributed by atoms with van der Waals surface area (Å²) in [4.78, 5) is 16.5. The van der Waals surface area contributed by atoms with Crippen LogP contribution < -0.4 is 10.6 Å². The molecule has 1 heterocycles. The zero-order valence-corrected chi connectivity index (χ0v) is 14.5. The molecule has 2 rings (SSSR count). The topological polar surface area (TPSA) is 54.0 Å². The summed E-state index contributed by atoms with van der Waals surface area (Å²) >= 11 is 0. The Hall–Kier alpha value is -2.36. The van der Waals surface area contributed by atoms with Crippen LogP contribution in [0.15, 0.2) is 36.7 Å². The Morgan fingerprint density at radius 1 is 1.22 bits per heavy atom. The van der Waals surface area contributed by atoms with Gasteiger partial charge in [-0.15, -0.1) is 0 Å². The molecule has 23 heavy (non-hydrogen) atoms. The summed E-state index contributed by atoms with van der Waals surface area (Å²) in [6, 6.07) is 8.08. The number of pyridine rings is 1. The van der Waals surface area contributed by atoms with Crippen LogP contribution in [0.3, 0.4) is 0 Å². The van der Waals surface area contributed by atoms with Gasteiger partial charge >= 0.3 is 0 Å². The molecule has 0 saturated carbocycles. The number of para-hydroxylation sites is 1. The number of hydrogen-bond acceptors (Lipinski definition) is 3. The molecule has 0 unspecified atom stereocenters. The van der Waals surface area contributed by atoms with Crippen molar-refractivity contribution in [3.8, 4) is 0 Å². The normalized spacial score (nSPS) is 11.2. The number of nitrogens with one attached hydrogen (secondary N) is 2. The van der Waals surface area contributed by atoms with Crippen molar-refractivity contribution >= 4 is 17.3 Å². The minimum Gasteiger partial charge on any atom is -0.354 e. The molecule has 0 aliphatic rings. The van der Waals surface area contributed by atoms with E-state index in [1.165, 1.54) is 11.1 Å². The molecule has 2 N–H and O–H groups in total. The van der Waals surface area contributed by atoms with Gasteiger partial charge in [-0.1, -0.05) is 25.1 Å². The predicted molar refractivity (Wildman–Crippen MR) is 95.3 cm³/mol. The van der Waals surface area contributed by atoms with Crippen LogP contribution in [0, 0.1) is 6.92 Å². The van der Waals surface area contributed by atoms with Gasteiger partial charge in [0.05, 0.1) is 17.4 Å². The van der Waals surface area contributed by atoms with Crippen molar-refractivity contribution in [2.75, 3.05) is 5.32 Å². The van der Waals surface area contributed by atoms with Crippen LogP contribution in [0.2, 0.25) is 0 Å². The van der Waals surface area contributed by atoms with Crippen LogP contribution in [0.4, 0.5) is 11.4 Å². The van der Waals surface area contributed by atoms with Gasteiger partial charge < -0.3 is 10.6 Å². The van der Waals surface area contributed by atoms with Gasteiger partial charge in [0, 0.05) is 17.4 Å². The van der Waals surface area contributed by atoms with Crippen molar-refractivity contribution in [1.82, 2.24) is 10.3 Å². The minimum atomic E-state index is -0.272. The van der Waals surface area contributed by atoms with E-state index in [0.717, 1.165) is 17.8 Å². The zero-order chi connectivity index (χ0) is 17.0. The zero-order valence-electron chi connectivity index (χ0n) is 14.5. The Morgan fingerprint density at radius 3 is 2.61 bits per heavy atom. The van der Waals surface area contributed by atoms with Crippen molar-refractivity contribution < 1.29 is 4.79 Å². The highest BCUT2D eigenvalue weighted by molar-refractivity contribution is 5.95. The average molecular weight is 311 g/mol. The van der Waals surface area contributed by atoms with Crippen LogP contribution in [-0.4, -0.2) is 16.4 Å². The molecule has 0 aliphatic carbocycles. The van der Waals surface area contributed by atoms with Crippen LogP contribution in [0.25, 0.3) is 0 Å². The monoisotopic (exact) mass is 311 g/mol. The number of carbonyl (C=O) groups excluding carboxylic acids is 1. The van der Waals surface area contributed by atoms with E-state index in [4.69, 9.17) is 0 Å². The van der Waals surface area contributed by atoms with E-state index in [-0.39, 0.29) is 11.4 Å². The summed E-state index contributed by atoms with van der Waals surface area (Å²) in [5.74, 6) is -0.117. The molecule has 0 spiro atoms. The molecule has 0 saturated heterocycles. The number of anilines is 2. The first kappa shape index (κ1) is 17.0. The number of amides is 1. The van der Waals surface area contributed by atoms with Gasteiger partial charge in [0.15, 0.2) is 0 Å². The van der Waals surface area contributed by atoms with Gasteiger partial charge in [-0.2, -0.15) is 0 Å². The molecule has 1 amide bonds. The van der Waals surface area contributed by atoms with Crippen molar-refractivity contribution in [3.63, 3.8) is 0 Å². The van der Waals surface area contributed by atoms with Gasteiger partial charge in [0.25, 0.3) is 5.91 Å². The molecule has 1 aromatic carbocycles. The van der Waals surface area contributed by atoms with E-state index in [1.54, 1.807) is 12.4 Å². The van der Waals surface area contributed by atoms with Crippen molar-refractivity contribution in [3.05, 3.63) is 53.3 Å². The quantitative estimate of drug-likeness (QED) is 0.888. The molecule has 0 fully saturated rings. The molecule has 2 aromatic rings. The molecule has 0 radical (unpaired) electrons. The van der Waals surface area contributed by atoms with Crippen LogP contribution in [0.5, 0.6) is 0 Å². The second kappa shape index (κ2) is 6.82. The summed E-state index contributed by atoms with van der Waals surface area (Å²) in [5, 5.41) is 6.36. The molecule has 4 heteroatoms. The highest BCUT2D eigenvalue weighted by Gasteiger charge is 2.16. The number of rotatable bonds is 4. The summed E-state index contributed by atoms with van der Waals surface area (Å²) in [6.45, 7) is 10.1. The van der Waals surface area contributed by atoms with Gasteiger partial charge in [-0.3, -0.25) is 9.78 Å². The molecular formula is C19H25N3O. The van der Waals surface area contributed by atoms with E-state index < -0.39 is 0 Å². The number of nitrogens with zero attached hydrogens (tertiary/aromatic N) is 1. The molecule has 4 nitrogen and oxygen atoms in total. The first-order valence-electron chi connectivity index (χ1n) is 7.93. The van der Waals surface area contributed by atoms with E-state index in [1.807, 2.05) is 26.8 Å². The fraction of sp³-hybridized carbons (Fsp3) is 0.368. The summed E-state index contributed by atoms with van der Waals surface area (Å²) in [6.07, 6.45) is 4.27. The maximum atomic E-state index is 12.3. The van der Waals surface area contributed by atoms with Crippen LogP contribution in [0.1, 0.15) is 49.2 Å². The number of aryl methyl sites for hydroxylation is 2. The van der Waals surface area contributed by atoms with Crippen LogP contribution >= 0.6 is 0 Å². The third-order valence-corrected chi connectivity index (χ3v) is 3.50. The summed E-state index contributed by atoms with van der Waals surface area (Å²) < 4.78 is 0. The first-order chi connectivity index (χ1) is 10.8. The SMILES string of the molecule is CCc1cccc(C)c1Nc1cncc(C(=O)NC(C)(C)C)c1. The van der Waals surface area contributed by atoms with E-state index in [0.29, 0.717) is 5.56 Å². The molecule has 122 valence electrons.